The minimum absolute atomic E-state index is 0.242. The lowest BCUT2D eigenvalue weighted by atomic mass is 9.89. The summed E-state index contributed by atoms with van der Waals surface area (Å²) in [6.45, 7) is 7.66. The molecule has 0 bridgehead atoms. The van der Waals surface area contributed by atoms with Crippen LogP contribution in [0.3, 0.4) is 0 Å². The molecule has 0 radical (unpaired) electrons. The first-order valence-corrected chi connectivity index (χ1v) is 7.17. The smallest absolute Gasteiger partial charge is 0.286 e. The van der Waals surface area contributed by atoms with E-state index in [0.717, 1.165) is 25.7 Å². The van der Waals surface area contributed by atoms with Crippen molar-refractivity contribution in [2.24, 2.45) is 0 Å². The van der Waals surface area contributed by atoms with Crippen LogP contribution in [0.5, 0.6) is 0 Å². The maximum atomic E-state index is 10.5. The fourth-order valence-electron chi connectivity index (χ4n) is 2.04. The quantitative estimate of drug-likeness (QED) is 0.437. The number of nitrogens with zero attached hydrogens (tertiary/aromatic N) is 1. The average Bonchev–Trinajstić information content (AvgIpc) is 2.25. The first-order valence-electron chi connectivity index (χ1n) is 5.56. The van der Waals surface area contributed by atoms with Gasteiger partial charge in [0.1, 0.15) is 0 Å². The van der Waals surface area contributed by atoms with Gasteiger partial charge in [0.2, 0.25) is 0 Å². The highest BCUT2D eigenvalue weighted by molar-refractivity contribution is 7.85. The van der Waals surface area contributed by atoms with Gasteiger partial charge in [-0.25, -0.2) is 11.9 Å². The Hall–Kier alpha value is -0.640. The number of rotatable bonds is 5. The molecule has 1 aliphatic carbocycles. The number of hydrogen-bond donors (Lipinski definition) is 2. The lowest BCUT2D eigenvalue weighted by Gasteiger charge is -2.26. The van der Waals surface area contributed by atoms with Crippen molar-refractivity contribution in [3.63, 3.8) is 0 Å². The molecule has 0 unspecified atom stereocenters. The van der Waals surface area contributed by atoms with Crippen molar-refractivity contribution in [2.45, 2.75) is 44.2 Å². The molecule has 1 saturated carbocycles. The van der Waals surface area contributed by atoms with Crippen molar-refractivity contribution in [1.29, 1.82) is 0 Å². The molecule has 0 heterocycles. The van der Waals surface area contributed by atoms with Gasteiger partial charge >= 0.3 is 0 Å². The average molecular weight is 246 g/mol. The molecular weight excluding hydrogens is 228 g/mol. The maximum Gasteiger partial charge on any atom is 0.286 e. The van der Waals surface area contributed by atoms with Crippen LogP contribution >= 0.6 is 0 Å². The zero-order valence-corrected chi connectivity index (χ0v) is 10.1. The molecule has 5 nitrogen and oxygen atoms in total. The lowest BCUT2D eigenvalue weighted by Crippen LogP contribution is -2.44. The van der Waals surface area contributed by atoms with Crippen molar-refractivity contribution in [3.8, 4) is 0 Å². The second-order valence-electron chi connectivity index (χ2n) is 4.27. The molecule has 16 heavy (non-hydrogen) atoms. The zero-order valence-electron chi connectivity index (χ0n) is 9.28. The van der Waals surface area contributed by atoms with E-state index in [2.05, 4.69) is 10.2 Å². The van der Waals surface area contributed by atoms with Crippen LogP contribution in [-0.2, 0) is 10.1 Å². The largest absolute Gasteiger partial charge is 0.293 e. The summed E-state index contributed by atoms with van der Waals surface area (Å²) in [5, 5.41) is 3.13. The Morgan fingerprint density at radius 2 is 1.94 bits per heavy atom. The highest BCUT2D eigenvalue weighted by Gasteiger charge is 2.37. The second-order valence-corrected chi connectivity index (χ2v) is 5.84. The zero-order chi connectivity index (χ0) is 12.1. The predicted molar refractivity (Wildman–Crippen MR) is 61.5 cm³/mol. The first kappa shape index (κ1) is 13.4. The van der Waals surface area contributed by atoms with Crippen molar-refractivity contribution < 1.29 is 13.0 Å². The van der Waals surface area contributed by atoms with Crippen LogP contribution in [0.2, 0.25) is 0 Å². The van der Waals surface area contributed by atoms with E-state index in [4.69, 9.17) is 11.1 Å². The molecule has 0 aromatic heterocycles. The van der Waals surface area contributed by atoms with Gasteiger partial charge in [-0.3, -0.25) is 9.40 Å². The molecule has 6 heteroatoms. The maximum absolute atomic E-state index is 10.5. The normalized spacial score (nSPS) is 20.2. The van der Waals surface area contributed by atoms with Crippen LogP contribution in [0.25, 0.3) is 4.85 Å². The van der Waals surface area contributed by atoms with E-state index < -0.39 is 15.8 Å². The summed E-state index contributed by atoms with van der Waals surface area (Å²) >= 11 is 0. The van der Waals surface area contributed by atoms with Crippen LogP contribution in [0.1, 0.15) is 38.5 Å². The predicted octanol–water partition coefficient (Wildman–Crippen LogP) is 1.43. The monoisotopic (exact) mass is 246 g/mol. The summed E-state index contributed by atoms with van der Waals surface area (Å²) in [6, 6.07) is 0. The van der Waals surface area contributed by atoms with E-state index in [9.17, 15) is 8.42 Å². The first-order chi connectivity index (χ1) is 7.47. The lowest BCUT2D eigenvalue weighted by molar-refractivity contribution is 0.287. The Kier molecular flexibility index (Phi) is 4.71. The van der Waals surface area contributed by atoms with Crippen molar-refractivity contribution >= 4 is 10.1 Å². The van der Waals surface area contributed by atoms with Gasteiger partial charge in [0, 0.05) is 19.4 Å². The molecule has 92 valence electrons. The van der Waals surface area contributed by atoms with Gasteiger partial charge in [0.05, 0.1) is 5.75 Å². The summed E-state index contributed by atoms with van der Waals surface area (Å²) in [7, 11) is -3.87. The van der Waals surface area contributed by atoms with E-state index in [0.29, 0.717) is 13.0 Å². The Morgan fingerprint density at radius 3 is 2.44 bits per heavy atom. The van der Waals surface area contributed by atoms with Crippen molar-refractivity contribution in [2.75, 3.05) is 12.3 Å². The molecule has 0 saturated heterocycles. The highest BCUT2D eigenvalue weighted by Crippen LogP contribution is 2.29. The van der Waals surface area contributed by atoms with Gasteiger partial charge in [-0.05, 0) is 19.3 Å². The van der Waals surface area contributed by atoms with Gasteiger partial charge in [-0.1, -0.05) is 6.42 Å². The Morgan fingerprint density at radius 1 is 1.31 bits per heavy atom. The number of hydrogen-bond acceptors (Lipinski definition) is 3. The summed E-state index contributed by atoms with van der Waals surface area (Å²) in [6.07, 6.45) is 5.28. The Balaban J connectivity index is 2.32. The van der Waals surface area contributed by atoms with E-state index in [1.807, 2.05) is 0 Å². The van der Waals surface area contributed by atoms with Gasteiger partial charge in [0.15, 0.2) is 0 Å². The fourth-order valence-corrected chi connectivity index (χ4v) is 2.55. The summed E-state index contributed by atoms with van der Waals surface area (Å²) in [5.41, 5.74) is -0.489. The minimum Gasteiger partial charge on any atom is -0.293 e. The summed E-state index contributed by atoms with van der Waals surface area (Å²) in [5.74, 6) is -0.242. The molecule has 0 atom stereocenters. The molecule has 0 aromatic carbocycles. The van der Waals surface area contributed by atoms with Gasteiger partial charge in [-0.15, -0.1) is 0 Å². The van der Waals surface area contributed by atoms with E-state index in [1.165, 1.54) is 6.42 Å². The van der Waals surface area contributed by atoms with Crippen LogP contribution in [-0.4, -0.2) is 30.9 Å². The molecule has 0 amide bonds. The minimum atomic E-state index is -3.87. The molecule has 0 aromatic rings. The van der Waals surface area contributed by atoms with Gasteiger partial charge in [0.25, 0.3) is 15.8 Å². The molecule has 0 spiro atoms. The molecule has 1 aliphatic rings. The van der Waals surface area contributed by atoms with Crippen LogP contribution in [0, 0.1) is 6.57 Å². The Labute approximate surface area is 96.8 Å². The van der Waals surface area contributed by atoms with Gasteiger partial charge < -0.3 is 0 Å². The van der Waals surface area contributed by atoms with E-state index in [1.54, 1.807) is 0 Å². The molecule has 1 rings (SSSR count). The van der Waals surface area contributed by atoms with Gasteiger partial charge in [-0.2, -0.15) is 8.42 Å². The topological polar surface area (TPSA) is 70.8 Å². The van der Waals surface area contributed by atoms with Crippen LogP contribution in [0.15, 0.2) is 0 Å². The van der Waals surface area contributed by atoms with E-state index in [-0.39, 0.29) is 5.75 Å². The third-order valence-corrected chi connectivity index (χ3v) is 3.73. The molecule has 2 N–H and O–H groups in total. The SMILES string of the molecule is [C-]#[N+]C1(NCCCS(=O)(=O)O)CCCCC1. The van der Waals surface area contributed by atoms with Crippen LogP contribution < -0.4 is 5.32 Å². The third kappa shape index (κ3) is 4.47. The Bertz CT molecular complexity index is 353. The third-order valence-electron chi connectivity index (χ3n) is 2.93. The van der Waals surface area contributed by atoms with Crippen LogP contribution in [0.4, 0.5) is 0 Å². The standard InChI is InChI=1S/C10H18N2O3S/c1-11-10(6-3-2-4-7-10)12-8-5-9-16(13,14)15/h12H,2-9H2,(H,13,14,15). The number of nitrogens with one attached hydrogen (secondary N) is 1. The van der Waals surface area contributed by atoms with Crippen molar-refractivity contribution in [3.05, 3.63) is 11.4 Å². The second kappa shape index (κ2) is 5.62. The summed E-state index contributed by atoms with van der Waals surface area (Å²) in [4.78, 5) is 3.64. The van der Waals surface area contributed by atoms with Crippen molar-refractivity contribution in [1.82, 2.24) is 5.32 Å². The van der Waals surface area contributed by atoms with E-state index >= 15 is 0 Å². The molecule has 0 aliphatic heterocycles. The highest BCUT2D eigenvalue weighted by atomic mass is 32.2. The summed E-state index contributed by atoms with van der Waals surface area (Å²) < 4.78 is 29.6. The molecular formula is C10H18N2O3S. The fraction of sp³-hybridized carbons (Fsp3) is 0.900. The molecule has 1 fully saturated rings.